The van der Waals surface area contributed by atoms with Crippen LogP contribution in [-0.4, -0.2) is 47.6 Å². The Morgan fingerprint density at radius 3 is 0.788 bits per heavy atom. The zero-order chi connectivity index (χ0) is 36.0. The number of nitrogens with zero attached hydrogens (tertiary/aromatic N) is 4. The standard InChI is InChI=1S/C43H40N4O5/c1-49-39-21-13-35(14-22-39)46(36-15-23-40(50-2)24-16-36)33-9-5-31(6-10-33)44-29-30-45(43(44)48)32-7-11-34(12-8-32)47(37-17-25-41(51-3)26-18-37)38-19-27-42(52-4)28-20-38/h5-28H,29-30H2,1-4H3. The summed E-state index contributed by atoms with van der Waals surface area (Å²) in [5.74, 6) is 3.14. The van der Waals surface area contributed by atoms with Crippen molar-refractivity contribution < 1.29 is 23.7 Å². The summed E-state index contributed by atoms with van der Waals surface area (Å²) in [5.41, 5.74) is 7.48. The molecule has 1 fully saturated rings. The van der Waals surface area contributed by atoms with Crippen LogP contribution in [0.3, 0.4) is 0 Å². The van der Waals surface area contributed by atoms with E-state index in [9.17, 15) is 4.79 Å². The van der Waals surface area contributed by atoms with Gasteiger partial charge in [-0.2, -0.15) is 0 Å². The van der Waals surface area contributed by atoms with Crippen LogP contribution in [0, 0.1) is 0 Å². The number of hydrogen-bond donors (Lipinski definition) is 0. The van der Waals surface area contributed by atoms with Gasteiger partial charge < -0.3 is 28.7 Å². The Bertz CT molecular complexity index is 1840. The van der Waals surface area contributed by atoms with Crippen molar-refractivity contribution in [1.29, 1.82) is 0 Å². The first-order chi connectivity index (χ1) is 25.5. The van der Waals surface area contributed by atoms with Gasteiger partial charge in [0.1, 0.15) is 23.0 Å². The number of methoxy groups -OCH3 is 4. The molecule has 7 rings (SSSR count). The predicted octanol–water partition coefficient (Wildman–Crippen LogP) is 10.1. The Hall–Kier alpha value is -6.61. The molecule has 0 aliphatic carbocycles. The summed E-state index contributed by atoms with van der Waals surface area (Å²) < 4.78 is 21.6. The second-order valence-electron chi connectivity index (χ2n) is 12.1. The van der Waals surface area contributed by atoms with Gasteiger partial charge in [-0.25, -0.2) is 4.79 Å². The van der Waals surface area contributed by atoms with E-state index in [2.05, 4.69) is 9.80 Å². The van der Waals surface area contributed by atoms with Crippen molar-refractivity contribution >= 4 is 51.5 Å². The Morgan fingerprint density at radius 1 is 0.365 bits per heavy atom. The highest BCUT2D eigenvalue weighted by molar-refractivity contribution is 6.06. The van der Waals surface area contributed by atoms with Crippen molar-refractivity contribution in [3.05, 3.63) is 146 Å². The van der Waals surface area contributed by atoms with Crippen LogP contribution in [-0.2, 0) is 0 Å². The minimum Gasteiger partial charge on any atom is -0.497 e. The first kappa shape index (κ1) is 33.9. The van der Waals surface area contributed by atoms with Crippen LogP contribution in [0.4, 0.5) is 50.3 Å². The number of hydrogen-bond acceptors (Lipinski definition) is 7. The van der Waals surface area contributed by atoms with Crippen LogP contribution >= 0.6 is 0 Å². The average molecular weight is 693 g/mol. The number of carbonyl (C=O) groups excluding carboxylic acids is 1. The molecule has 0 spiro atoms. The van der Waals surface area contributed by atoms with E-state index < -0.39 is 0 Å². The highest BCUT2D eigenvalue weighted by atomic mass is 16.5. The van der Waals surface area contributed by atoms with Gasteiger partial charge in [-0.15, -0.1) is 0 Å². The maximum absolute atomic E-state index is 13.9. The molecule has 1 heterocycles. The van der Waals surface area contributed by atoms with Gasteiger partial charge in [-0.1, -0.05) is 0 Å². The molecular weight excluding hydrogens is 652 g/mol. The fraction of sp³-hybridized carbons (Fsp3) is 0.140. The quantitative estimate of drug-likeness (QED) is 0.126. The van der Waals surface area contributed by atoms with E-state index in [0.717, 1.165) is 68.5 Å². The van der Waals surface area contributed by atoms with Crippen molar-refractivity contribution in [2.45, 2.75) is 0 Å². The van der Waals surface area contributed by atoms with Crippen LogP contribution in [0.5, 0.6) is 23.0 Å². The summed E-state index contributed by atoms with van der Waals surface area (Å²) in [4.78, 5) is 21.8. The first-order valence-corrected chi connectivity index (χ1v) is 17.0. The van der Waals surface area contributed by atoms with Crippen LogP contribution in [0.25, 0.3) is 0 Å². The van der Waals surface area contributed by atoms with E-state index in [4.69, 9.17) is 18.9 Å². The summed E-state index contributed by atoms with van der Waals surface area (Å²) in [5, 5.41) is 0. The van der Waals surface area contributed by atoms with E-state index in [1.165, 1.54) is 0 Å². The van der Waals surface area contributed by atoms with Crippen molar-refractivity contribution in [3.63, 3.8) is 0 Å². The Kier molecular flexibility index (Phi) is 9.84. The summed E-state index contributed by atoms with van der Waals surface area (Å²) in [6, 6.07) is 47.9. The lowest BCUT2D eigenvalue weighted by atomic mass is 10.1. The minimum atomic E-state index is -0.0650. The average Bonchev–Trinajstić information content (AvgIpc) is 3.60. The van der Waals surface area contributed by atoms with Gasteiger partial charge in [0.25, 0.3) is 0 Å². The first-order valence-electron chi connectivity index (χ1n) is 17.0. The fourth-order valence-corrected chi connectivity index (χ4v) is 6.40. The maximum Gasteiger partial charge on any atom is 0.329 e. The SMILES string of the molecule is COc1ccc(N(c2ccc(OC)cc2)c2ccc(N3CCN(c4ccc(N(c5ccc(OC)cc5)c5ccc(OC)cc5)cc4)C3=O)cc2)cc1. The number of benzene rings is 6. The van der Waals surface area contributed by atoms with E-state index in [1.54, 1.807) is 28.4 Å². The number of ether oxygens (including phenoxy) is 4. The molecular formula is C43H40N4O5. The lowest BCUT2D eigenvalue weighted by Gasteiger charge is -2.27. The molecule has 6 aromatic carbocycles. The largest absolute Gasteiger partial charge is 0.497 e. The number of rotatable bonds is 12. The number of amides is 2. The zero-order valence-corrected chi connectivity index (χ0v) is 29.6. The van der Waals surface area contributed by atoms with E-state index in [-0.39, 0.29) is 6.03 Å². The van der Waals surface area contributed by atoms with Gasteiger partial charge in [-0.3, -0.25) is 9.80 Å². The second-order valence-corrected chi connectivity index (χ2v) is 12.1. The molecule has 52 heavy (non-hydrogen) atoms. The Morgan fingerprint density at radius 2 is 0.577 bits per heavy atom. The molecule has 6 aromatic rings. The highest BCUT2D eigenvalue weighted by Crippen LogP contribution is 2.39. The molecule has 0 saturated carbocycles. The highest BCUT2D eigenvalue weighted by Gasteiger charge is 2.31. The molecule has 262 valence electrons. The van der Waals surface area contributed by atoms with Crippen molar-refractivity contribution in [1.82, 2.24) is 0 Å². The minimum absolute atomic E-state index is 0.0650. The van der Waals surface area contributed by atoms with Gasteiger partial charge in [-0.05, 0) is 146 Å². The predicted molar refractivity (Wildman–Crippen MR) is 209 cm³/mol. The molecule has 1 aliphatic rings. The lowest BCUT2D eigenvalue weighted by molar-refractivity contribution is 0.256. The molecule has 1 saturated heterocycles. The molecule has 2 amide bonds. The van der Waals surface area contributed by atoms with E-state index >= 15 is 0 Å². The molecule has 0 unspecified atom stereocenters. The van der Waals surface area contributed by atoms with Gasteiger partial charge in [0.2, 0.25) is 0 Å². The fourth-order valence-electron chi connectivity index (χ4n) is 6.40. The van der Waals surface area contributed by atoms with Crippen molar-refractivity contribution in [3.8, 4) is 23.0 Å². The van der Waals surface area contributed by atoms with E-state index in [1.807, 2.05) is 155 Å². The molecule has 9 heteroatoms. The van der Waals surface area contributed by atoms with E-state index in [0.29, 0.717) is 13.1 Å². The molecule has 9 nitrogen and oxygen atoms in total. The Balaban J connectivity index is 1.11. The maximum atomic E-state index is 13.9. The number of anilines is 8. The number of carbonyl (C=O) groups is 1. The lowest BCUT2D eigenvalue weighted by Crippen LogP contribution is -2.31. The molecule has 0 atom stereocenters. The van der Waals surface area contributed by atoms with Crippen molar-refractivity contribution in [2.24, 2.45) is 0 Å². The summed E-state index contributed by atoms with van der Waals surface area (Å²) >= 11 is 0. The molecule has 0 bridgehead atoms. The second kappa shape index (κ2) is 15.1. The molecule has 0 aromatic heterocycles. The number of urea groups is 1. The van der Waals surface area contributed by atoms with Crippen LogP contribution in [0.1, 0.15) is 0 Å². The van der Waals surface area contributed by atoms with Crippen LogP contribution < -0.4 is 38.5 Å². The smallest absolute Gasteiger partial charge is 0.329 e. The van der Waals surface area contributed by atoms with Gasteiger partial charge >= 0.3 is 6.03 Å². The third kappa shape index (κ3) is 6.89. The zero-order valence-electron chi connectivity index (χ0n) is 29.6. The monoisotopic (exact) mass is 692 g/mol. The normalized spacial score (nSPS) is 12.4. The van der Waals surface area contributed by atoms with Crippen LogP contribution in [0.15, 0.2) is 146 Å². The summed E-state index contributed by atoms with van der Waals surface area (Å²) in [7, 11) is 6.64. The summed E-state index contributed by atoms with van der Waals surface area (Å²) in [6.45, 7) is 1.15. The third-order valence-electron chi connectivity index (χ3n) is 9.17. The molecule has 0 radical (unpaired) electrons. The third-order valence-corrected chi connectivity index (χ3v) is 9.17. The molecule has 1 aliphatic heterocycles. The summed E-state index contributed by atoms with van der Waals surface area (Å²) in [6.07, 6.45) is 0. The van der Waals surface area contributed by atoms with Gasteiger partial charge in [0.15, 0.2) is 0 Å². The van der Waals surface area contributed by atoms with Crippen molar-refractivity contribution in [2.75, 3.05) is 61.1 Å². The Labute approximate surface area is 304 Å². The topological polar surface area (TPSA) is 67.0 Å². The molecule has 0 N–H and O–H groups in total. The van der Waals surface area contributed by atoms with Gasteiger partial charge in [0.05, 0.1) is 28.4 Å². The van der Waals surface area contributed by atoms with Gasteiger partial charge in [0, 0.05) is 58.6 Å². The van der Waals surface area contributed by atoms with Crippen LogP contribution in [0.2, 0.25) is 0 Å².